The van der Waals surface area contributed by atoms with Crippen molar-refractivity contribution in [2.45, 2.75) is 126 Å². The Balaban J connectivity index is 1.36. The van der Waals surface area contributed by atoms with Crippen molar-refractivity contribution in [3.63, 3.8) is 0 Å². The van der Waals surface area contributed by atoms with Gasteiger partial charge in [0.15, 0.2) is 0 Å². The molecule has 49 heavy (non-hydrogen) atoms. The molecule has 0 spiro atoms. The lowest BCUT2D eigenvalue weighted by Gasteiger charge is -2.30. The number of nitrogens with one attached hydrogen (secondary N) is 4. The minimum atomic E-state index is -3.91. The van der Waals surface area contributed by atoms with Gasteiger partial charge >= 0.3 is 12.2 Å². The molecule has 274 valence electrons. The van der Waals surface area contributed by atoms with Crippen LogP contribution in [-0.4, -0.2) is 104 Å². The van der Waals surface area contributed by atoms with Gasteiger partial charge in [-0.2, -0.15) is 0 Å². The lowest BCUT2D eigenvalue weighted by Crippen LogP contribution is -2.58. The molecule has 0 aromatic rings. The first-order chi connectivity index (χ1) is 23.2. The zero-order valence-corrected chi connectivity index (χ0v) is 29.5. The highest BCUT2D eigenvalue weighted by atomic mass is 32.2. The van der Waals surface area contributed by atoms with Crippen LogP contribution in [0.5, 0.6) is 0 Å². The smallest absolute Gasteiger partial charge is 0.408 e. The second-order valence-electron chi connectivity index (χ2n) is 14.9. The molecule has 2 heterocycles. The summed E-state index contributed by atoms with van der Waals surface area (Å²) < 4.78 is 44.3. The number of ether oxygens (including phenoxy) is 3. The molecule has 5 unspecified atom stereocenters. The number of hydrogen-bond donors (Lipinski definition) is 4. The maximum atomic E-state index is 14.2. The van der Waals surface area contributed by atoms with Gasteiger partial charge in [0.1, 0.15) is 29.3 Å². The van der Waals surface area contributed by atoms with Gasteiger partial charge < -0.3 is 35.1 Å². The number of alkyl carbamates (subject to hydrolysis) is 2. The van der Waals surface area contributed by atoms with E-state index in [4.69, 9.17) is 14.2 Å². The largest absolute Gasteiger partial charge is 0.444 e. The standard InChI is InChI=1S/C33H51N5O10S/c1-32(2,3)48-31(43)35-25-12-8-16-46-15-7-11-22-18-33(22,29(41)37-49(44,45)24-13-14-24)36-27(39)26-17-23(20-38(26)28(25)40)47-30(42)34-19-21-9-5-4-6-10-21/h7,11,21-26H,4-6,8-10,12-20H2,1-3H3,(H,34,42)(H,35,43)(H,36,39)(H,37,41). The fourth-order valence-corrected chi connectivity index (χ4v) is 8.19. The van der Waals surface area contributed by atoms with Crippen LogP contribution in [0.3, 0.4) is 0 Å². The Bertz CT molecular complexity index is 1400. The van der Waals surface area contributed by atoms with Gasteiger partial charge in [0, 0.05) is 25.5 Å². The number of fused-ring (bicyclic) bond motifs is 2. The predicted molar refractivity (Wildman–Crippen MR) is 176 cm³/mol. The summed E-state index contributed by atoms with van der Waals surface area (Å²) in [6, 6.07) is -2.27. The normalized spacial score (nSPS) is 30.1. The van der Waals surface area contributed by atoms with Crippen LogP contribution in [0.2, 0.25) is 0 Å². The highest BCUT2D eigenvalue weighted by Crippen LogP contribution is 2.46. The number of hydrogen-bond acceptors (Lipinski definition) is 10. The van der Waals surface area contributed by atoms with Crippen molar-refractivity contribution in [3.8, 4) is 0 Å². The highest BCUT2D eigenvalue weighted by Gasteiger charge is 2.62. The molecule has 2 aliphatic heterocycles. The second kappa shape index (κ2) is 15.2. The monoisotopic (exact) mass is 709 g/mol. The van der Waals surface area contributed by atoms with E-state index in [1.54, 1.807) is 32.9 Å². The molecule has 5 amide bonds. The number of rotatable bonds is 7. The third-order valence-corrected chi connectivity index (χ3v) is 11.5. The molecule has 4 fully saturated rings. The summed E-state index contributed by atoms with van der Waals surface area (Å²) in [6.07, 6.45) is 8.14. The van der Waals surface area contributed by atoms with Crippen molar-refractivity contribution in [1.82, 2.24) is 25.6 Å². The molecule has 4 N–H and O–H groups in total. The van der Waals surface area contributed by atoms with E-state index in [0.29, 0.717) is 31.7 Å². The van der Waals surface area contributed by atoms with Crippen molar-refractivity contribution in [2.75, 3.05) is 26.3 Å². The molecule has 0 aromatic heterocycles. The summed E-state index contributed by atoms with van der Waals surface area (Å²) in [5, 5.41) is 7.58. The van der Waals surface area contributed by atoms with Crippen molar-refractivity contribution in [3.05, 3.63) is 12.2 Å². The lowest BCUT2D eigenvalue weighted by atomic mass is 9.89. The van der Waals surface area contributed by atoms with Crippen molar-refractivity contribution < 1.29 is 46.6 Å². The number of carbonyl (C=O) groups is 5. The van der Waals surface area contributed by atoms with Crippen LogP contribution >= 0.6 is 0 Å². The van der Waals surface area contributed by atoms with Crippen LogP contribution < -0.4 is 20.7 Å². The average molecular weight is 710 g/mol. The SMILES string of the molecule is CC(C)(C)OC(=O)NC1CCCOCC=CC2CC2(C(=O)NS(=O)(=O)C2CC2)NC(=O)C2CC(OC(=O)NCC3CCCCC3)CN2C1=O. The van der Waals surface area contributed by atoms with E-state index < -0.39 is 80.4 Å². The van der Waals surface area contributed by atoms with Crippen LogP contribution in [-0.2, 0) is 38.6 Å². The van der Waals surface area contributed by atoms with E-state index in [0.717, 1.165) is 25.7 Å². The van der Waals surface area contributed by atoms with E-state index in [9.17, 15) is 32.4 Å². The first-order valence-electron chi connectivity index (χ1n) is 17.5. The molecule has 3 saturated carbocycles. The molecule has 0 radical (unpaired) electrons. The zero-order valence-electron chi connectivity index (χ0n) is 28.7. The number of nitrogens with zero attached hydrogens (tertiary/aromatic N) is 1. The summed E-state index contributed by atoms with van der Waals surface area (Å²) in [4.78, 5) is 68.6. The molecule has 16 heteroatoms. The quantitative estimate of drug-likeness (QED) is 0.284. The van der Waals surface area contributed by atoms with E-state index in [1.807, 2.05) is 0 Å². The fourth-order valence-electron chi connectivity index (χ4n) is 6.82. The molecule has 0 bridgehead atoms. The van der Waals surface area contributed by atoms with Gasteiger partial charge in [-0.05, 0) is 71.6 Å². The van der Waals surface area contributed by atoms with E-state index in [2.05, 4.69) is 20.7 Å². The molecular formula is C33H51N5O10S. The third-order valence-electron chi connectivity index (χ3n) is 9.70. The Hall–Kier alpha value is -3.40. The van der Waals surface area contributed by atoms with Crippen molar-refractivity contribution >= 4 is 39.9 Å². The average Bonchev–Trinajstić information content (AvgIpc) is 3.95. The minimum absolute atomic E-state index is 0.0602. The molecule has 0 aromatic carbocycles. The van der Waals surface area contributed by atoms with Crippen molar-refractivity contribution in [2.24, 2.45) is 11.8 Å². The minimum Gasteiger partial charge on any atom is -0.444 e. The fraction of sp³-hybridized carbons (Fsp3) is 0.788. The first-order valence-corrected chi connectivity index (χ1v) is 19.1. The van der Waals surface area contributed by atoms with Crippen LogP contribution in [0.15, 0.2) is 12.2 Å². The molecule has 5 rings (SSSR count). The Morgan fingerprint density at radius 3 is 2.47 bits per heavy atom. The third kappa shape index (κ3) is 9.86. The zero-order chi connectivity index (χ0) is 35.4. The Kier molecular flexibility index (Phi) is 11.5. The number of sulfonamides is 1. The molecular weight excluding hydrogens is 658 g/mol. The maximum Gasteiger partial charge on any atom is 0.408 e. The summed E-state index contributed by atoms with van der Waals surface area (Å²) >= 11 is 0. The second-order valence-corrected chi connectivity index (χ2v) is 16.9. The van der Waals surface area contributed by atoms with Gasteiger partial charge in [0.2, 0.25) is 21.8 Å². The number of carbonyl (C=O) groups excluding carboxylic acids is 5. The van der Waals surface area contributed by atoms with Gasteiger partial charge in [-0.3, -0.25) is 19.1 Å². The van der Waals surface area contributed by atoms with E-state index in [-0.39, 0.29) is 39.0 Å². The lowest BCUT2D eigenvalue weighted by molar-refractivity contribution is -0.141. The van der Waals surface area contributed by atoms with Crippen LogP contribution in [0, 0.1) is 11.8 Å². The predicted octanol–water partition coefficient (Wildman–Crippen LogP) is 2.01. The molecule has 5 atom stereocenters. The van der Waals surface area contributed by atoms with Crippen molar-refractivity contribution in [1.29, 1.82) is 0 Å². The summed E-state index contributed by atoms with van der Waals surface area (Å²) in [6.45, 7) is 5.88. The molecule has 5 aliphatic rings. The highest BCUT2D eigenvalue weighted by molar-refractivity contribution is 7.91. The van der Waals surface area contributed by atoms with Crippen LogP contribution in [0.25, 0.3) is 0 Å². The topological polar surface area (TPSA) is 199 Å². The van der Waals surface area contributed by atoms with Gasteiger partial charge in [-0.1, -0.05) is 31.4 Å². The molecule has 3 aliphatic carbocycles. The summed E-state index contributed by atoms with van der Waals surface area (Å²) in [5.41, 5.74) is -2.39. The van der Waals surface area contributed by atoms with E-state index >= 15 is 0 Å². The van der Waals surface area contributed by atoms with Crippen LogP contribution in [0.1, 0.15) is 91.4 Å². The van der Waals surface area contributed by atoms with Gasteiger partial charge in [0.25, 0.3) is 5.91 Å². The summed E-state index contributed by atoms with van der Waals surface area (Å²) in [5.74, 6) is -2.27. The molecule has 15 nitrogen and oxygen atoms in total. The van der Waals surface area contributed by atoms with Crippen LogP contribution in [0.4, 0.5) is 9.59 Å². The Morgan fingerprint density at radius 1 is 1.04 bits per heavy atom. The van der Waals surface area contributed by atoms with Gasteiger partial charge in [-0.25, -0.2) is 18.0 Å². The van der Waals surface area contributed by atoms with E-state index in [1.165, 1.54) is 11.3 Å². The maximum absolute atomic E-state index is 14.2. The number of amides is 5. The Morgan fingerprint density at radius 2 is 1.78 bits per heavy atom. The first kappa shape index (κ1) is 36.9. The van der Waals surface area contributed by atoms with Gasteiger partial charge in [-0.15, -0.1) is 0 Å². The Labute approximate surface area is 288 Å². The molecule has 1 saturated heterocycles. The summed E-state index contributed by atoms with van der Waals surface area (Å²) in [7, 11) is -3.91. The van der Waals surface area contributed by atoms with Gasteiger partial charge in [0.05, 0.1) is 18.4 Å².